The summed E-state index contributed by atoms with van der Waals surface area (Å²) in [7, 11) is 1.75. The van der Waals surface area contributed by atoms with Crippen molar-refractivity contribution in [1.29, 1.82) is 0 Å². The topological polar surface area (TPSA) is 71.5 Å². The Morgan fingerprint density at radius 2 is 1.69 bits per heavy atom. The molecule has 0 aliphatic carbocycles. The minimum Gasteiger partial charge on any atom is -0.347 e. The van der Waals surface area contributed by atoms with Crippen LogP contribution in [0.25, 0.3) is 0 Å². The molecule has 0 radical (unpaired) electrons. The number of carbonyl (C=O) groups is 2. The molecule has 0 spiro atoms. The molecule has 1 N–H and O–H groups in total. The lowest BCUT2D eigenvalue weighted by atomic mass is 10.2. The maximum absolute atomic E-state index is 12.8. The number of guanidine groups is 1. The van der Waals surface area contributed by atoms with E-state index in [1.54, 1.807) is 7.05 Å². The van der Waals surface area contributed by atoms with Crippen molar-refractivity contribution in [2.75, 3.05) is 59.4 Å². The Morgan fingerprint density at radius 1 is 1.03 bits per heavy atom. The number of amides is 2. The van der Waals surface area contributed by atoms with Gasteiger partial charge in [0.05, 0.1) is 12.6 Å². The summed E-state index contributed by atoms with van der Waals surface area (Å²) in [5.74, 6) is 1.05. The highest BCUT2D eigenvalue weighted by atomic mass is 16.2. The summed E-state index contributed by atoms with van der Waals surface area (Å²) in [6, 6.07) is 9.97. The van der Waals surface area contributed by atoms with Gasteiger partial charge < -0.3 is 20.0 Å². The Kier molecular flexibility index (Phi) is 8.90. The first-order valence-electron chi connectivity index (χ1n) is 11.8. The molecule has 2 heterocycles. The second kappa shape index (κ2) is 11.9. The van der Waals surface area contributed by atoms with Crippen LogP contribution < -0.4 is 5.32 Å². The molecule has 0 saturated carbocycles. The van der Waals surface area contributed by atoms with Gasteiger partial charge in [0.1, 0.15) is 0 Å². The highest BCUT2D eigenvalue weighted by Gasteiger charge is 2.30. The number of likely N-dealkylation sites (tertiary alicyclic amines) is 1. The number of carbonyl (C=O) groups excluding carboxylic acids is 2. The van der Waals surface area contributed by atoms with Crippen molar-refractivity contribution in [1.82, 2.24) is 24.9 Å². The number of piperazine rings is 1. The molecule has 8 heteroatoms. The average Bonchev–Trinajstić information content (AvgIpc) is 3.38. The molecule has 2 saturated heterocycles. The second-order valence-electron chi connectivity index (χ2n) is 8.53. The predicted molar refractivity (Wildman–Crippen MR) is 127 cm³/mol. The molecule has 1 aromatic carbocycles. The van der Waals surface area contributed by atoms with E-state index < -0.39 is 0 Å². The number of hydrogen-bond acceptors (Lipinski definition) is 4. The molecule has 2 amide bonds. The van der Waals surface area contributed by atoms with Crippen LogP contribution in [-0.4, -0.2) is 103 Å². The van der Waals surface area contributed by atoms with Crippen molar-refractivity contribution in [2.45, 2.75) is 39.3 Å². The Labute approximate surface area is 192 Å². The summed E-state index contributed by atoms with van der Waals surface area (Å²) in [6.07, 6.45) is 2.24. The van der Waals surface area contributed by atoms with Gasteiger partial charge in [0.25, 0.3) is 0 Å². The molecule has 2 aliphatic rings. The lowest BCUT2D eigenvalue weighted by molar-refractivity contribution is -0.136. The Bertz CT molecular complexity index is 770. The summed E-state index contributed by atoms with van der Waals surface area (Å²) >= 11 is 0. The molecule has 2 fully saturated rings. The summed E-state index contributed by atoms with van der Waals surface area (Å²) in [5, 5.41) is 3.24. The van der Waals surface area contributed by atoms with Crippen molar-refractivity contribution >= 4 is 17.8 Å². The molecule has 3 rings (SSSR count). The van der Waals surface area contributed by atoms with Gasteiger partial charge in [-0.05, 0) is 32.3 Å². The summed E-state index contributed by atoms with van der Waals surface area (Å²) in [4.78, 5) is 38.1. The molecular formula is C24H38N6O2. The van der Waals surface area contributed by atoms with Crippen LogP contribution >= 0.6 is 0 Å². The number of aliphatic imine (C=N–C) groups is 1. The lowest BCUT2D eigenvalue weighted by Gasteiger charge is -2.39. The van der Waals surface area contributed by atoms with Gasteiger partial charge in [0, 0.05) is 59.4 Å². The SMILES string of the molecule is CCN(Cc1ccccc1)C(=O)CNC(=NC)N1CCN(C(C)C(=O)N2CCCC2)CC1. The molecule has 32 heavy (non-hydrogen) atoms. The Morgan fingerprint density at radius 3 is 2.28 bits per heavy atom. The minimum absolute atomic E-state index is 0.0565. The van der Waals surface area contributed by atoms with E-state index in [0.717, 1.165) is 63.6 Å². The minimum atomic E-state index is -0.0806. The number of nitrogens with one attached hydrogen (secondary N) is 1. The monoisotopic (exact) mass is 442 g/mol. The van der Waals surface area contributed by atoms with Gasteiger partial charge in [-0.1, -0.05) is 30.3 Å². The first kappa shape index (κ1) is 24.0. The molecule has 1 atom stereocenters. The molecule has 0 bridgehead atoms. The quantitative estimate of drug-likeness (QED) is 0.508. The third-order valence-electron chi connectivity index (χ3n) is 6.50. The predicted octanol–water partition coefficient (Wildman–Crippen LogP) is 1.24. The van der Waals surface area contributed by atoms with Crippen LogP contribution in [0.3, 0.4) is 0 Å². The van der Waals surface area contributed by atoms with E-state index in [1.807, 2.05) is 54.0 Å². The molecule has 1 unspecified atom stereocenters. The Balaban J connectivity index is 1.46. The van der Waals surface area contributed by atoms with Gasteiger partial charge in [0.2, 0.25) is 11.8 Å². The van der Waals surface area contributed by atoms with Gasteiger partial charge >= 0.3 is 0 Å². The molecular weight excluding hydrogens is 404 g/mol. The van der Waals surface area contributed by atoms with E-state index in [0.29, 0.717) is 13.1 Å². The van der Waals surface area contributed by atoms with Crippen LogP contribution in [0.15, 0.2) is 35.3 Å². The van der Waals surface area contributed by atoms with Gasteiger partial charge in [-0.15, -0.1) is 0 Å². The molecule has 0 aromatic heterocycles. The van der Waals surface area contributed by atoms with Gasteiger partial charge in [-0.2, -0.15) is 0 Å². The summed E-state index contributed by atoms with van der Waals surface area (Å²) < 4.78 is 0. The maximum atomic E-state index is 12.8. The zero-order valence-electron chi connectivity index (χ0n) is 19.8. The highest BCUT2D eigenvalue weighted by Crippen LogP contribution is 2.14. The fourth-order valence-electron chi connectivity index (χ4n) is 4.46. The summed E-state index contributed by atoms with van der Waals surface area (Å²) in [6.45, 7) is 10.5. The smallest absolute Gasteiger partial charge is 0.242 e. The fourth-order valence-corrected chi connectivity index (χ4v) is 4.46. The largest absolute Gasteiger partial charge is 0.347 e. The van der Waals surface area contributed by atoms with E-state index in [2.05, 4.69) is 20.1 Å². The van der Waals surface area contributed by atoms with E-state index >= 15 is 0 Å². The zero-order valence-corrected chi connectivity index (χ0v) is 19.8. The summed E-state index contributed by atoms with van der Waals surface area (Å²) in [5.41, 5.74) is 1.13. The highest BCUT2D eigenvalue weighted by molar-refractivity contribution is 5.86. The second-order valence-corrected chi connectivity index (χ2v) is 8.53. The normalized spacial score (nSPS) is 18.5. The third kappa shape index (κ3) is 6.22. The molecule has 176 valence electrons. The van der Waals surface area contributed by atoms with E-state index in [-0.39, 0.29) is 24.4 Å². The van der Waals surface area contributed by atoms with Crippen LogP contribution in [0.5, 0.6) is 0 Å². The van der Waals surface area contributed by atoms with Crippen molar-refractivity contribution in [3.05, 3.63) is 35.9 Å². The van der Waals surface area contributed by atoms with Gasteiger partial charge in [-0.25, -0.2) is 0 Å². The van der Waals surface area contributed by atoms with Crippen LogP contribution in [0, 0.1) is 0 Å². The number of rotatable bonds is 7. The number of nitrogens with zero attached hydrogens (tertiary/aromatic N) is 5. The Hall–Kier alpha value is -2.61. The van der Waals surface area contributed by atoms with Gasteiger partial charge in [-0.3, -0.25) is 19.5 Å². The number of benzene rings is 1. The van der Waals surface area contributed by atoms with Crippen LogP contribution in [0.2, 0.25) is 0 Å². The first-order valence-corrected chi connectivity index (χ1v) is 11.8. The fraction of sp³-hybridized carbons (Fsp3) is 0.625. The third-order valence-corrected chi connectivity index (χ3v) is 6.50. The molecule has 1 aromatic rings. The molecule has 8 nitrogen and oxygen atoms in total. The van der Waals surface area contributed by atoms with Crippen molar-refractivity contribution in [3.8, 4) is 0 Å². The van der Waals surface area contributed by atoms with E-state index in [9.17, 15) is 9.59 Å². The average molecular weight is 443 g/mol. The maximum Gasteiger partial charge on any atom is 0.242 e. The number of hydrogen-bond donors (Lipinski definition) is 1. The molecule has 2 aliphatic heterocycles. The van der Waals surface area contributed by atoms with Crippen molar-refractivity contribution in [3.63, 3.8) is 0 Å². The van der Waals surface area contributed by atoms with Crippen LogP contribution in [0.1, 0.15) is 32.3 Å². The van der Waals surface area contributed by atoms with Crippen LogP contribution in [-0.2, 0) is 16.1 Å². The van der Waals surface area contributed by atoms with Crippen molar-refractivity contribution < 1.29 is 9.59 Å². The van der Waals surface area contributed by atoms with Crippen molar-refractivity contribution in [2.24, 2.45) is 4.99 Å². The van der Waals surface area contributed by atoms with E-state index in [4.69, 9.17) is 0 Å². The van der Waals surface area contributed by atoms with Crippen LogP contribution in [0.4, 0.5) is 0 Å². The zero-order chi connectivity index (χ0) is 22.9. The lowest BCUT2D eigenvalue weighted by Crippen LogP contribution is -2.57. The first-order chi connectivity index (χ1) is 15.5. The number of likely N-dealkylation sites (N-methyl/N-ethyl adjacent to an activating group) is 1. The van der Waals surface area contributed by atoms with E-state index in [1.165, 1.54) is 0 Å². The standard InChI is InChI=1S/C24H38N6O2/c1-4-27(19-21-10-6-5-7-11-21)22(31)18-26-24(25-3)30-16-14-28(15-17-30)20(2)23(32)29-12-8-9-13-29/h5-7,10-11,20H,4,8-9,12-19H2,1-3H3,(H,25,26). The van der Waals surface area contributed by atoms with Gasteiger partial charge in [0.15, 0.2) is 5.96 Å².